The largest absolute Gasteiger partial charge is 0.488 e. The van der Waals surface area contributed by atoms with Crippen LogP contribution in [0.1, 0.15) is 44.0 Å². The smallest absolute Gasteiger partial charge is 0.165 e. The lowest BCUT2D eigenvalue weighted by molar-refractivity contribution is 0.101. The summed E-state index contributed by atoms with van der Waals surface area (Å²) in [6.07, 6.45) is 1.90. The maximum atomic E-state index is 14.2. The molecule has 2 nitrogen and oxygen atoms in total. The van der Waals surface area contributed by atoms with E-state index in [1.807, 2.05) is 25.1 Å². The van der Waals surface area contributed by atoms with Gasteiger partial charge >= 0.3 is 0 Å². The highest BCUT2D eigenvalue weighted by Crippen LogP contribution is 2.27. The minimum atomic E-state index is -0.365. The molecule has 0 aliphatic rings. The molecular formula is C19H21FO2. The Labute approximate surface area is 130 Å². The van der Waals surface area contributed by atoms with Gasteiger partial charge in [0.2, 0.25) is 0 Å². The second-order valence-corrected chi connectivity index (χ2v) is 5.50. The zero-order chi connectivity index (χ0) is 16.1. The van der Waals surface area contributed by atoms with Crippen LogP contribution in [0.4, 0.5) is 4.39 Å². The molecular weight excluding hydrogens is 279 g/mol. The molecule has 1 atom stereocenters. The average Bonchev–Trinajstić information content (AvgIpc) is 2.49. The second-order valence-electron chi connectivity index (χ2n) is 5.50. The average molecular weight is 300 g/mol. The molecule has 3 heteroatoms. The van der Waals surface area contributed by atoms with Crippen LogP contribution in [0.15, 0.2) is 42.5 Å². The number of ether oxygens (including phenoxy) is 1. The van der Waals surface area contributed by atoms with Crippen molar-refractivity contribution in [2.75, 3.05) is 0 Å². The molecule has 2 rings (SSSR count). The Bertz CT molecular complexity index is 647. The van der Waals surface area contributed by atoms with Crippen LogP contribution >= 0.6 is 0 Å². The Morgan fingerprint density at radius 3 is 2.32 bits per heavy atom. The van der Waals surface area contributed by atoms with Gasteiger partial charge in [0, 0.05) is 5.56 Å². The van der Waals surface area contributed by atoms with Gasteiger partial charge in [0.25, 0.3) is 0 Å². The number of rotatable bonds is 6. The number of carbonyl (C=O) groups is 1. The number of benzene rings is 2. The van der Waals surface area contributed by atoms with Gasteiger partial charge in [-0.3, -0.25) is 4.79 Å². The highest BCUT2D eigenvalue weighted by molar-refractivity contribution is 5.94. The minimum absolute atomic E-state index is 0.000185. The summed E-state index contributed by atoms with van der Waals surface area (Å²) < 4.78 is 19.8. The van der Waals surface area contributed by atoms with E-state index in [0.717, 1.165) is 24.0 Å². The topological polar surface area (TPSA) is 26.3 Å². The maximum absolute atomic E-state index is 14.2. The van der Waals surface area contributed by atoms with Gasteiger partial charge in [-0.2, -0.15) is 0 Å². The van der Waals surface area contributed by atoms with E-state index in [-0.39, 0.29) is 23.5 Å². The van der Waals surface area contributed by atoms with E-state index in [2.05, 4.69) is 6.92 Å². The predicted molar refractivity (Wildman–Crippen MR) is 86.8 cm³/mol. The van der Waals surface area contributed by atoms with Crippen molar-refractivity contribution in [3.8, 4) is 16.9 Å². The van der Waals surface area contributed by atoms with Crippen molar-refractivity contribution in [1.82, 2.24) is 0 Å². The van der Waals surface area contributed by atoms with Crippen molar-refractivity contribution >= 4 is 5.78 Å². The van der Waals surface area contributed by atoms with Crippen LogP contribution in [0.3, 0.4) is 0 Å². The number of hydrogen-bond donors (Lipinski definition) is 0. The van der Waals surface area contributed by atoms with Crippen LogP contribution in [0, 0.1) is 5.82 Å². The Hall–Kier alpha value is -2.16. The fourth-order valence-electron chi connectivity index (χ4n) is 2.36. The predicted octanol–water partition coefficient (Wildman–Crippen LogP) is 5.26. The summed E-state index contributed by atoms with van der Waals surface area (Å²) in [6, 6.07) is 12.1. The van der Waals surface area contributed by atoms with Crippen molar-refractivity contribution < 1.29 is 13.9 Å². The van der Waals surface area contributed by atoms with Crippen LogP contribution < -0.4 is 4.74 Å². The number of hydrogen-bond acceptors (Lipinski definition) is 2. The fraction of sp³-hybridized carbons (Fsp3) is 0.316. The Morgan fingerprint density at radius 1 is 1.14 bits per heavy atom. The van der Waals surface area contributed by atoms with Crippen LogP contribution in [-0.2, 0) is 0 Å². The molecule has 0 amide bonds. The van der Waals surface area contributed by atoms with Crippen molar-refractivity contribution in [2.24, 2.45) is 0 Å². The molecule has 2 aromatic carbocycles. The van der Waals surface area contributed by atoms with E-state index >= 15 is 0 Å². The molecule has 0 fully saturated rings. The standard InChI is InChI=1S/C19H21FO2/c1-4-5-13(2)22-19-11-10-17(12-18(19)20)16-8-6-15(7-9-16)14(3)21/h6-13H,4-5H2,1-3H3/t13-/m0/s1. The van der Waals surface area contributed by atoms with Gasteiger partial charge < -0.3 is 4.74 Å². The highest BCUT2D eigenvalue weighted by atomic mass is 19.1. The molecule has 0 aliphatic heterocycles. The zero-order valence-corrected chi connectivity index (χ0v) is 13.2. The zero-order valence-electron chi connectivity index (χ0n) is 13.2. The van der Waals surface area contributed by atoms with Crippen molar-refractivity contribution in [2.45, 2.75) is 39.7 Å². The monoisotopic (exact) mass is 300 g/mol. The van der Waals surface area contributed by atoms with Gasteiger partial charge in [0.1, 0.15) is 0 Å². The van der Waals surface area contributed by atoms with Gasteiger partial charge in [-0.1, -0.05) is 43.7 Å². The van der Waals surface area contributed by atoms with E-state index in [1.165, 1.54) is 13.0 Å². The van der Waals surface area contributed by atoms with Crippen molar-refractivity contribution in [1.29, 1.82) is 0 Å². The third kappa shape index (κ3) is 3.94. The Morgan fingerprint density at radius 2 is 1.77 bits per heavy atom. The molecule has 0 bridgehead atoms. The van der Waals surface area contributed by atoms with Gasteiger partial charge in [0.15, 0.2) is 17.3 Å². The maximum Gasteiger partial charge on any atom is 0.165 e. The summed E-state index contributed by atoms with van der Waals surface area (Å²) in [5, 5.41) is 0. The molecule has 116 valence electrons. The van der Waals surface area contributed by atoms with E-state index in [4.69, 9.17) is 4.74 Å². The van der Waals surface area contributed by atoms with E-state index in [1.54, 1.807) is 18.2 Å². The Balaban J connectivity index is 2.19. The van der Waals surface area contributed by atoms with E-state index < -0.39 is 0 Å². The van der Waals surface area contributed by atoms with Gasteiger partial charge in [0.05, 0.1) is 6.10 Å². The summed E-state index contributed by atoms with van der Waals surface area (Å²) >= 11 is 0. The first kappa shape index (κ1) is 16.2. The molecule has 0 aromatic heterocycles. The summed E-state index contributed by atoms with van der Waals surface area (Å²) in [5.74, 6) is -0.0625. The molecule has 0 saturated heterocycles. The highest BCUT2D eigenvalue weighted by Gasteiger charge is 2.10. The lowest BCUT2D eigenvalue weighted by atomic mass is 10.0. The van der Waals surface area contributed by atoms with Crippen LogP contribution in [0.2, 0.25) is 0 Å². The number of carbonyl (C=O) groups excluding carboxylic acids is 1. The first-order valence-corrected chi connectivity index (χ1v) is 7.59. The van der Waals surface area contributed by atoms with Crippen LogP contribution in [-0.4, -0.2) is 11.9 Å². The third-order valence-corrected chi connectivity index (χ3v) is 3.58. The molecule has 0 aliphatic carbocycles. The van der Waals surface area contributed by atoms with Gasteiger partial charge in [-0.25, -0.2) is 4.39 Å². The SMILES string of the molecule is CCC[C@H](C)Oc1ccc(-c2ccc(C(C)=O)cc2)cc1F. The fourth-order valence-corrected chi connectivity index (χ4v) is 2.36. The molecule has 0 radical (unpaired) electrons. The van der Waals surface area contributed by atoms with Gasteiger partial charge in [-0.15, -0.1) is 0 Å². The molecule has 22 heavy (non-hydrogen) atoms. The summed E-state index contributed by atoms with van der Waals surface area (Å²) in [7, 11) is 0. The molecule has 0 N–H and O–H groups in total. The van der Waals surface area contributed by atoms with Crippen molar-refractivity contribution in [3.05, 3.63) is 53.8 Å². The third-order valence-electron chi connectivity index (χ3n) is 3.58. The lowest BCUT2D eigenvalue weighted by Gasteiger charge is -2.15. The molecule has 0 saturated carbocycles. The first-order chi connectivity index (χ1) is 10.5. The van der Waals surface area contributed by atoms with Gasteiger partial charge in [-0.05, 0) is 43.5 Å². The summed E-state index contributed by atoms with van der Waals surface area (Å²) in [4.78, 5) is 11.3. The summed E-state index contributed by atoms with van der Waals surface area (Å²) in [6.45, 7) is 5.54. The van der Waals surface area contributed by atoms with E-state index in [0.29, 0.717) is 5.56 Å². The van der Waals surface area contributed by atoms with Crippen LogP contribution in [0.5, 0.6) is 5.75 Å². The van der Waals surface area contributed by atoms with Crippen molar-refractivity contribution in [3.63, 3.8) is 0 Å². The summed E-state index contributed by atoms with van der Waals surface area (Å²) in [5.41, 5.74) is 2.29. The van der Waals surface area contributed by atoms with E-state index in [9.17, 15) is 9.18 Å². The van der Waals surface area contributed by atoms with Crippen LogP contribution in [0.25, 0.3) is 11.1 Å². The number of ketones is 1. The molecule has 0 heterocycles. The minimum Gasteiger partial charge on any atom is -0.488 e. The molecule has 0 unspecified atom stereocenters. The first-order valence-electron chi connectivity index (χ1n) is 7.59. The number of Topliss-reactive ketones (excluding diaryl/α,β-unsaturated/α-hetero) is 1. The number of halogens is 1. The lowest BCUT2D eigenvalue weighted by Crippen LogP contribution is -2.11. The normalized spacial score (nSPS) is 12.0. The Kier molecular flexibility index (Phi) is 5.31. The quantitative estimate of drug-likeness (QED) is 0.680. The second kappa shape index (κ2) is 7.21. The molecule has 2 aromatic rings. The molecule has 0 spiro atoms.